The van der Waals surface area contributed by atoms with Crippen molar-refractivity contribution in [3.05, 3.63) is 23.7 Å². The van der Waals surface area contributed by atoms with Crippen molar-refractivity contribution in [1.82, 2.24) is 0 Å². The second-order valence-electron chi connectivity index (χ2n) is 4.01. The van der Waals surface area contributed by atoms with Crippen LogP contribution in [0.25, 0.3) is 0 Å². The van der Waals surface area contributed by atoms with Crippen molar-refractivity contribution in [1.29, 1.82) is 0 Å². The van der Waals surface area contributed by atoms with Gasteiger partial charge in [0.15, 0.2) is 0 Å². The maximum absolute atomic E-state index is 10.6. The predicted molar refractivity (Wildman–Crippen MR) is 54.8 cm³/mol. The van der Waals surface area contributed by atoms with Crippen molar-refractivity contribution >= 4 is 5.97 Å². The SMILES string of the molecule is CCC(C)(C)OCc1cc(C(=O)O)co1. The molecule has 0 bridgehead atoms. The monoisotopic (exact) mass is 212 g/mol. The Morgan fingerprint density at radius 2 is 2.27 bits per heavy atom. The Hall–Kier alpha value is -1.29. The van der Waals surface area contributed by atoms with E-state index in [1.807, 2.05) is 20.8 Å². The molecule has 84 valence electrons. The summed E-state index contributed by atoms with van der Waals surface area (Å²) >= 11 is 0. The molecule has 0 fully saturated rings. The summed E-state index contributed by atoms with van der Waals surface area (Å²) in [5.74, 6) is -0.450. The summed E-state index contributed by atoms with van der Waals surface area (Å²) in [6, 6.07) is 1.48. The number of rotatable bonds is 5. The predicted octanol–water partition coefficient (Wildman–Crippen LogP) is 2.68. The average molecular weight is 212 g/mol. The van der Waals surface area contributed by atoms with Crippen LogP contribution in [-0.4, -0.2) is 16.7 Å². The largest absolute Gasteiger partial charge is 0.478 e. The number of carbonyl (C=O) groups is 1. The van der Waals surface area contributed by atoms with E-state index >= 15 is 0 Å². The average Bonchev–Trinajstić information content (AvgIpc) is 2.63. The van der Waals surface area contributed by atoms with Gasteiger partial charge >= 0.3 is 5.97 Å². The molecule has 1 rings (SSSR count). The van der Waals surface area contributed by atoms with Crippen LogP contribution >= 0.6 is 0 Å². The highest BCUT2D eigenvalue weighted by Crippen LogP contribution is 2.17. The lowest BCUT2D eigenvalue weighted by molar-refractivity contribution is -0.0383. The number of aromatic carboxylic acids is 1. The first-order valence-corrected chi connectivity index (χ1v) is 4.89. The Bertz CT molecular complexity index is 338. The molecular formula is C11H16O4. The minimum atomic E-state index is -0.986. The molecular weight excluding hydrogens is 196 g/mol. The van der Waals surface area contributed by atoms with E-state index in [0.29, 0.717) is 12.4 Å². The van der Waals surface area contributed by atoms with Crippen molar-refractivity contribution in [2.75, 3.05) is 0 Å². The molecule has 0 aliphatic heterocycles. The van der Waals surface area contributed by atoms with Crippen LogP contribution in [0.5, 0.6) is 0 Å². The highest BCUT2D eigenvalue weighted by atomic mass is 16.5. The maximum Gasteiger partial charge on any atom is 0.338 e. The van der Waals surface area contributed by atoms with Crippen molar-refractivity contribution < 1.29 is 19.1 Å². The van der Waals surface area contributed by atoms with Crippen LogP contribution in [0.2, 0.25) is 0 Å². The summed E-state index contributed by atoms with van der Waals surface area (Å²) in [6.07, 6.45) is 2.11. The normalized spacial score (nSPS) is 11.7. The van der Waals surface area contributed by atoms with Crippen molar-refractivity contribution in [3.63, 3.8) is 0 Å². The Labute approximate surface area is 88.8 Å². The van der Waals surface area contributed by atoms with Crippen LogP contribution < -0.4 is 0 Å². The first-order chi connectivity index (χ1) is 6.94. The first-order valence-electron chi connectivity index (χ1n) is 4.89. The quantitative estimate of drug-likeness (QED) is 0.815. The summed E-state index contributed by atoms with van der Waals surface area (Å²) in [7, 11) is 0. The zero-order chi connectivity index (χ0) is 11.5. The second kappa shape index (κ2) is 4.49. The van der Waals surface area contributed by atoms with Gasteiger partial charge in [-0.15, -0.1) is 0 Å². The second-order valence-corrected chi connectivity index (χ2v) is 4.01. The molecule has 0 aliphatic rings. The molecule has 0 radical (unpaired) electrons. The number of carboxylic acids is 1. The highest BCUT2D eigenvalue weighted by Gasteiger charge is 2.16. The fraction of sp³-hybridized carbons (Fsp3) is 0.545. The van der Waals surface area contributed by atoms with Gasteiger partial charge in [0.1, 0.15) is 18.6 Å². The topological polar surface area (TPSA) is 59.7 Å². The zero-order valence-electron chi connectivity index (χ0n) is 9.24. The van der Waals surface area contributed by atoms with E-state index in [9.17, 15) is 4.79 Å². The van der Waals surface area contributed by atoms with Crippen LogP contribution in [0.15, 0.2) is 16.7 Å². The van der Waals surface area contributed by atoms with Gasteiger partial charge in [0.05, 0.1) is 11.2 Å². The van der Waals surface area contributed by atoms with Gasteiger partial charge in [-0.25, -0.2) is 4.79 Å². The summed E-state index contributed by atoms with van der Waals surface area (Å²) in [4.78, 5) is 10.6. The first kappa shape index (κ1) is 11.8. The molecule has 0 aromatic carbocycles. The summed E-state index contributed by atoms with van der Waals surface area (Å²) in [5, 5.41) is 8.67. The van der Waals surface area contributed by atoms with Crippen LogP contribution in [-0.2, 0) is 11.3 Å². The molecule has 0 atom stereocenters. The fourth-order valence-electron chi connectivity index (χ4n) is 0.937. The van der Waals surface area contributed by atoms with Gasteiger partial charge in [-0.3, -0.25) is 0 Å². The van der Waals surface area contributed by atoms with Crippen LogP contribution in [0.4, 0.5) is 0 Å². The third-order valence-electron chi connectivity index (χ3n) is 2.36. The molecule has 4 nitrogen and oxygen atoms in total. The van der Waals surface area contributed by atoms with Crippen LogP contribution in [0.1, 0.15) is 43.3 Å². The molecule has 1 aromatic rings. The molecule has 1 aromatic heterocycles. The van der Waals surface area contributed by atoms with Crippen LogP contribution in [0, 0.1) is 0 Å². The number of ether oxygens (including phenoxy) is 1. The molecule has 4 heteroatoms. The van der Waals surface area contributed by atoms with E-state index in [4.69, 9.17) is 14.3 Å². The van der Waals surface area contributed by atoms with Gasteiger partial charge in [0, 0.05) is 0 Å². The van der Waals surface area contributed by atoms with Gasteiger partial charge in [-0.05, 0) is 26.3 Å². The fourth-order valence-corrected chi connectivity index (χ4v) is 0.937. The smallest absolute Gasteiger partial charge is 0.338 e. The van der Waals surface area contributed by atoms with Gasteiger partial charge in [0.25, 0.3) is 0 Å². The highest BCUT2D eigenvalue weighted by molar-refractivity contribution is 5.87. The van der Waals surface area contributed by atoms with E-state index in [1.165, 1.54) is 12.3 Å². The Morgan fingerprint density at radius 1 is 1.60 bits per heavy atom. The molecule has 0 unspecified atom stereocenters. The summed E-state index contributed by atoms with van der Waals surface area (Å²) < 4.78 is 10.6. The van der Waals surface area contributed by atoms with E-state index in [1.54, 1.807) is 0 Å². The zero-order valence-corrected chi connectivity index (χ0v) is 9.24. The minimum Gasteiger partial charge on any atom is -0.478 e. The molecule has 1 heterocycles. The molecule has 0 saturated heterocycles. The van der Waals surface area contributed by atoms with Gasteiger partial charge in [-0.2, -0.15) is 0 Å². The summed E-state index contributed by atoms with van der Waals surface area (Å²) in [5.41, 5.74) is -0.0567. The number of furan rings is 1. The lowest BCUT2D eigenvalue weighted by Gasteiger charge is -2.22. The molecule has 0 saturated carbocycles. The van der Waals surface area contributed by atoms with E-state index in [-0.39, 0.29) is 11.2 Å². The molecule has 15 heavy (non-hydrogen) atoms. The summed E-state index contributed by atoms with van der Waals surface area (Å²) in [6.45, 7) is 6.29. The maximum atomic E-state index is 10.6. The van der Waals surface area contributed by atoms with E-state index in [2.05, 4.69) is 0 Å². The van der Waals surface area contributed by atoms with E-state index in [0.717, 1.165) is 6.42 Å². The molecule has 0 spiro atoms. The van der Waals surface area contributed by atoms with Crippen LogP contribution in [0.3, 0.4) is 0 Å². The molecule has 0 aliphatic carbocycles. The van der Waals surface area contributed by atoms with Gasteiger partial charge < -0.3 is 14.3 Å². The molecule has 0 amide bonds. The number of hydrogen-bond acceptors (Lipinski definition) is 3. The Morgan fingerprint density at radius 3 is 2.73 bits per heavy atom. The Kier molecular flexibility index (Phi) is 3.52. The van der Waals surface area contributed by atoms with Gasteiger partial charge in [-0.1, -0.05) is 6.92 Å². The number of hydrogen-bond donors (Lipinski definition) is 1. The standard InChI is InChI=1S/C11H16O4/c1-4-11(2,3)15-7-9-5-8(6-14-9)10(12)13/h5-6H,4,7H2,1-3H3,(H,12,13). The third-order valence-corrected chi connectivity index (χ3v) is 2.36. The third kappa shape index (κ3) is 3.40. The van der Waals surface area contributed by atoms with Crippen molar-refractivity contribution in [2.24, 2.45) is 0 Å². The lowest BCUT2D eigenvalue weighted by Crippen LogP contribution is -2.22. The number of carboxylic acid groups (broad SMARTS) is 1. The van der Waals surface area contributed by atoms with Gasteiger partial charge in [0.2, 0.25) is 0 Å². The molecule has 1 N–H and O–H groups in total. The van der Waals surface area contributed by atoms with Crippen molar-refractivity contribution in [3.8, 4) is 0 Å². The lowest BCUT2D eigenvalue weighted by atomic mass is 10.1. The van der Waals surface area contributed by atoms with Crippen molar-refractivity contribution in [2.45, 2.75) is 39.4 Å². The van der Waals surface area contributed by atoms with E-state index < -0.39 is 5.97 Å². The minimum absolute atomic E-state index is 0.155. The Balaban J connectivity index is 2.55.